The molecule has 21 heavy (non-hydrogen) atoms. The second kappa shape index (κ2) is 6.73. The Kier molecular flexibility index (Phi) is 5.51. The molecule has 0 saturated carbocycles. The largest absolute Gasteiger partial charge is 0.481 e. The third-order valence-corrected chi connectivity index (χ3v) is 3.22. The average molecular weight is 316 g/mol. The number of aliphatic hydroxyl groups is 1. The molecule has 0 aliphatic rings. The van der Waals surface area contributed by atoms with Crippen molar-refractivity contribution in [2.24, 2.45) is 7.05 Å². The van der Waals surface area contributed by atoms with Crippen molar-refractivity contribution in [1.29, 1.82) is 0 Å². The van der Waals surface area contributed by atoms with Crippen LogP contribution in [0.5, 0.6) is 0 Å². The van der Waals surface area contributed by atoms with Gasteiger partial charge in [-0.25, -0.2) is 0 Å². The summed E-state index contributed by atoms with van der Waals surface area (Å²) in [6, 6.07) is 0. The molecule has 1 heterocycles. The molecule has 7 nitrogen and oxygen atoms in total. The molecular formula is C13H18ClN3O4. The third kappa shape index (κ3) is 5.20. The summed E-state index contributed by atoms with van der Waals surface area (Å²) in [5, 5.41) is 25.3. The maximum Gasteiger partial charge on any atom is 0.306 e. The van der Waals surface area contributed by atoms with Crippen LogP contribution in [0.15, 0.2) is 6.08 Å². The van der Waals surface area contributed by atoms with Crippen LogP contribution in [0.2, 0.25) is 5.15 Å². The van der Waals surface area contributed by atoms with E-state index in [1.165, 1.54) is 23.8 Å². The molecule has 0 bridgehead atoms. The molecule has 0 fully saturated rings. The molecule has 1 aromatic heterocycles. The zero-order valence-corrected chi connectivity index (χ0v) is 12.8. The summed E-state index contributed by atoms with van der Waals surface area (Å²) in [5.74, 6) is -1.59. The Hall–Kier alpha value is -1.86. The molecule has 1 amide bonds. The molecule has 0 spiro atoms. The van der Waals surface area contributed by atoms with E-state index in [0.29, 0.717) is 16.4 Å². The molecule has 3 N–H and O–H groups in total. The fourth-order valence-corrected chi connectivity index (χ4v) is 1.96. The number of carbonyl (C=O) groups is 2. The van der Waals surface area contributed by atoms with Crippen molar-refractivity contribution >= 4 is 29.6 Å². The van der Waals surface area contributed by atoms with Crippen molar-refractivity contribution in [3.63, 3.8) is 0 Å². The van der Waals surface area contributed by atoms with E-state index in [-0.39, 0.29) is 6.54 Å². The molecule has 1 aromatic rings. The standard InChI is InChI=1S/C13H18ClN3O4/c1-8-9(12(14)17(3)16-8)4-5-10(18)15-7-13(2,21)6-11(19)20/h4-5,21H,6-7H2,1-3H3,(H,15,18)(H,19,20). The van der Waals surface area contributed by atoms with Gasteiger partial charge < -0.3 is 15.5 Å². The lowest BCUT2D eigenvalue weighted by atomic mass is 10.0. The fraction of sp³-hybridized carbons (Fsp3) is 0.462. The first kappa shape index (κ1) is 17.2. The number of aromatic nitrogens is 2. The lowest BCUT2D eigenvalue weighted by Gasteiger charge is -2.20. The molecule has 8 heteroatoms. The Morgan fingerprint density at radius 1 is 1.52 bits per heavy atom. The Balaban J connectivity index is 2.62. The Bertz CT molecular complexity index is 578. The first-order valence-corrected chi connectivity index (χ1v) is 6.59. The van der Waals surface area contributed by atoms with E-state index in [1.54, 1.807) is 14.0 Å². The number of nitrogens with one attached hydrogen (secondary N) is 1. The minimum Gasteiger partial charge on any atom is -0.481 e. The number of hydrogen-bond acceptors (Lipinski definition) is 4. The zero-order valence-electron chi connectivity index (χ0n) is 12.1. The van der Waals surface area contributed by atoms with Crippen molar-refractivity contribution in [2.75, 3.05) is 6.54 Å². The van der Waals surface area contributed by atoms with E-state index < -0.39 is 23.9 Å². The summed E-state index contributed by atoms with van der Waals surface area (Å²) in [7, 11) is 1.69. The van der Waals surface area contributed by atoms with Gasteiger partial charge in [0.2, 0.25) is 5.91 Å². The number of carbonyl (C=O) groups excluding carboxylic acids is 1. The number of aryl methyl sites for hydroxylation is 2. The number of amides is 1. The molecule has 1 rings (SSSR count). The number of rotatable bonds is 6. The number of nitrogens with zero attached hydrogens (tertiary/aromatic N) is 2. The van der Waals surface area contributed by atoms with Crippen LogP contribution in [0.4, 0.5) is 0 Å². The smallest absolute Gasteiger partial charge is 0.306 e. The SMILES string of the molecule is Cc1nn(C)c(Cl)c1C=CC(=O)NCC(C)(O)CC(=O)O. The summed E-state index contributed by atoms with van der Waals surface area (Å²) in [6.45, 7) is 2.94. The van der Waals surface area contributed by atoms with Gasteiger partial charge in [-0.15, -0.1) is 0 Å². The van der Waals surface area contributed by atoms with E-state index in [0.717, 1.165) is 0 Å². The summed E-state index contributed by atoms with van der Waals surface area (Å²) in [5.41, 5.74) is -0.187. The van der Waals surface area contributed by atoms with E-state index in [9.17, 15) is 14.7 Å². The summed E-state index contributed by atoms with van der Waals surface area (Å²) >= 11 is 6.02. The molecule has 116 valence electrons. The number of hydrogen-bond donors (Lipinski definition) is 3. The van der Waals surface area contributed by atoms with Crippen LogP contribution >= 0.6 is 11.6 Å². The molecular weight excluding hydrogens is 298 g/mol. The van der Waals surface area contributed by atoms with Crippen LogP contribution in [0.3, 0.4) is 0 Å². The van der Waals surface area contributed by atoms with Crippen molar-refractivity contribution < 1.29 is 19.8 Å². The average Bonchev–Trinajstić information content (AvgIpc) is 2.57. The maximum atomic E-state index is 11.7. The van der Waals surface area contributed by atoms with Crippen molar-refractivity contribution in [2.45, 2.75) is 25.9 Å². The van der Waals surface area contributed by atoms with Crippen molar-refractivity contribution in [1.82, 2.24) is 15.1 Å². The maximum absolute atomic E-state index is 11.7. The first-order chi connectivity index (χ1) is 9.62. The van der Waals surface area contributed by atoms with Crippen molar-refractivity contribution in [3.05, 3.63) is 22.5 Å². The van der Waals surface area contributed by atoms with Gasteiger partial charge in [-0.3, -0.25) is 14.3 Å². The highest BCUT2D eigenvalue weighted by atomic mass is 35.5. The van der Waals surface area contributed by atoms with Gasteiger partial charge in [-0.1, -0.05) is 11.6 Å². The zero-order chi connectivity index (χ0) is 16.2. The molecule has 0 aliphatic carbocycles. The minimum atomic E-state index is -1.50. The Morgan fingerprint density at radius 3 is 2.62 bits per heavy atom. The monoisotopic (exact) mass is 315 g/mol. The predicted molar refractivity (Wildman–Crippen MR) is 77.9 cm³/mol. The van der Waals surface area contributed by atoms with Crippen LogP contribution < -0.4 is 5.32 Å². The van der Waals surface area contributed by atoms with E-state index in [2.05, 4.69) is 10.4 Å². The van der Waals surface area contributed by atoms with E-state index >= 15 is 0 Å². The number of aliphatic carboxylic acids is 1. The summed E-state index contributed by atoms with van der Waals surface area (Å²) in [4.78, 5) is 22.2. The Labute approximate surface area is 127 Å². The highest BCUT2D eigenvalue weighted by Crippen LogP contribution is 2.19. The molecule has 1 unspecified atom stereocenters. The lowest BCUT2D eigenvalue weighted by molar-refractivity contribution is -0.142. The van der Waals surface area contributed by atoms with Gasteiger partial charge in [0.25, 0.3) is 0 Å². The van der Waals surface area contributed by atoms with Gasteiger partial charge >= 0.3 is 5.97 Å². The second-order valence-corrected chi connectivity index (χ2v) is 5.39. The third-order valence-electron chi connectivity index (χ3n) is 2.77. The van der Waals surface area contributed by atoms with Gasteiger partial charge in [-0.2, -0.15) is 5.10 Å². The highest BCUT2D eigenvalue weighted by Gasteiger charge is 2.24. The van der Waals surface area contributed by atoms with Crippen molar-refractivity contribution in [3.8, 4) is 0 Å². The van der Waals surface area contributed by atoms with E-state index in [1.807, 2.05) is 0 Å². The molecule has 1 atom stereocenters. The number of carboxylic acids is 1. The topological polar surface area (TPSA) is 104 Å². The van der Waals surface area contributed by atoms with Crippen LogP contribution in [0.25, 0.3) is 6.08 Å². The normalized spacial score (nSPS) is 14.1. The number of carboxylic acid groups (broad SMARTS) is 1. The quantitative estimate of drug-likeness (QED) is 0.672. The molecule has 0 aromatic carbocycles. The molecule has 0 aliphatic heterocycles. The molecule has 0 radical (unpaired) electrons. The van der Waals surface area contributed by atoms with Crippen LogP contribution in [0.1, 0.15) is 24.6 Å². The highest BCUT2D eigenvalue weighted by molar-refractivity contribution is 6.31. The first-order valence-electron chi connectivity index (χ1n) is 6.21. The lowest BCUT2D eigenvalue weighted by Crippen LogP contribution is -2.41. The molecule has 0 saturated heterocycles. The summed E-state index contributed by atoms with van der Waals surface area (Å²) in [6.07, 6.45) is 2.32. The second-order valence-electron chi connectivity index (χ2n) is 5.03. The summed E-state index contributed by atoms with van der Waals surface area (Å²) < 4.78 is 1.49. The van der Waals surface area contributed by atoms with Gasteiger partial charge in [-0.05, 0) is 19.9 Å². The minimum absolute atomic E-state index is 0.164. The van der Waals surface area contributed by atoms with Crippen LogP contribution in [0, 0.1) is 6.92 Å². The van der Waals surface area contributed by atoms with Gasteiger partial charge in [0.15, 0.2) is 0 Å². The number of halogens is 1. The Morgan fingerprint density at radius 2 is 2.14 bits per heavy atom. The van der Waals surface area contributed by atoms with Crippen LogP contribution in [-0.2, 0) is 16.6 Å². The van der Waals surface area contributed by atoms with Gasteiger partial charge in [0, 0.05) is 25.2 Å². The van der Waals surface area contributed by atoms with Gasteiger partial charge in [0.1, 0.15) is 5.15 Å². The van der Waals surface area contributed by atoms with E-state index in [4.69, 9.17) is 16.7 Å². The van der Waals surface area contributed by atoms with Crippen LogP contribution in [-0.4, -0.2) is 44.0 Å². The predicted octanol–water partition coefficient (Wildman–Crippen LogP) is 0.737. The van der Waals surface area contributed by atoms with Gasteiger partial charge in [0.05, 0.1) is 17.7 Å². The fourth-order valence-electron chi connectivity index (χ4n) is 1.72.